The summed E-state index contributed by atoms with van der Waals surface area (Å²) in [5.74, 6) is 0. The molecule has 0 unspecified atom stereocenters. The summed E-state index contributed by atoms with van der Waals surface area (Å²) < 4.78 is 6.82. The zero-order valence-corrected chi connectivity index (χ0v) is 33.4. The number of fused-ring (bicyclic) bond motifs is 13. The van der Waals surface area contributed by atoms with Gasteiger partial charge in [-0.25, -0.2) is 0 Å². The predicted octanol–water partition coefficient (Wildman–Crippen LogP) is 16.7. The van der Waals surface area contributed by atoms with Gasteiger partial charge in [0.05, 0.1) is 0 Å². The molecule has 0 fully saturated rings. The van der Waals surface area contributed by atoms with Crippen LogP contribution in [-0.4, -0.2) is 0 Å². The van der Waals surface area contributed by atoms with Crippen molar-refractivity contribution < 1.29 is 4.42 Å². The third-order valence-corrected chi connectivity index (χ3v) is 13.6. The second-order valence-electron chi connectivity index (χ2n) is 17.1. The largest absolute Gasteiger partial charge is 0.456 e. The minimum Gasteiger partial charge on any atom is -0.456 e. The Morgan fingerprint density at radius 1 is 0.333 bits per heavy atom. The highest BCUT2D eigenvalue weighted by Crippen LogP contribution is 2.54. The lowest BCUT2D eigenvalue weighted by molar-refractivity contribution is 0.657. The van der Waals surface area contributed by atoms with Crippen LogP contribution in [0.2, 0.25) is 0 Å². The third kappa shape index (κ3) is 4.58. The van der Waals surface area contributed by atoms with Crippen LogP contribution in [0.1, 0.15) is 25.0 Å². The molecule has 12 aromatic rings. The van der Waals surface area contributed by atoms with Crippen LogP contribution >= 0.6 is 0 Å². The van der Waals surface area contributed by atoms with Gasteiger partial charge in [0.15, 0.2) is 0 Å². The van der Waals surface area contributed by atoms with E-state index in [4.69, 9.17) is 4.42 Å². The van der Waals surface area contributed by atoms with Gasteiger partial charge in [-0.2, -0.15) is 0 Å². The van der Waals surface area contributed by atoms with Gasteiger partial charge in [0.2, 0.25) is 0 Å². The molecular formula is C59H38O. The van der Waals surface area contributed by atoms with Gasteiger partial charge in [-0.1, -0.05) is 184 Å². The average Bonchev–Trinajstić information content (AvgIpc) is 3.79. The van der Waals surface area contributed by atoms with Crippen molar-refractivity contribution in [2.75, 3.05) is 0 Å². The van der Waals surface area contributed by atoms with E-state index < -0.39 is 0 Å². The first-order valence-corrected chi connectivity index (χ1v) is 21.0. The Labute approximate surface area is 347 Å². The van der Waals surface area contributed by atoms with Crippen LogP contribution in [0.4, 0.5) is 0 Å². The summed E-state index contributed by atoms with van der Waals surface area (Å²) in [5, 5.41) is 14.9. The number of benzene rings is 11. The Kier molecular flexibility index (Phi) is 6.85. The molecule has 0 amide bonds. The monoisotopic (exact) mass is 762 g/mol. The van der Waals surface area contributed by atoms with Crippen LogP contribution < -0.4 is 0 Å². The van der Waals surface area contributed by atoms with Crippen LogP contribution in [-0.2, 0) is 5.41 Å². The molecule has 0 saturated heterocycles. The number of rotatable bonds is 3. The molecule has 0 N–H and O–H groups in total. The van der Waals surface area contributed by atoms with E-state index in [-0.39, 0.29) is 5.41 Å². The van der Waals surface area contributed by atoms with Gasteiger partial charge >= 0.3 is 0 Å². The fourth-order valence-electron chi connectivity index (χ4n) is 11.0. The lowest BCUT2D eigenvalue weighted by atomic mass is 9.80. The fraction of sp³-hybridized carbons (Fsp3) is 0.0508. The minimum absolute atomic E-state index is 0.142. The predicted molar refractivity (Wildman–Crippen MR) is 255 cm³/mol. The van der Waals surface area contributed by atoms with E-state index in [9.17, 15) is 0 Å². The number of hydrogen-bond acceptors (Lipinski definition) is 1. The Balaban J connectivity index is 0.983. The smallest absolute Gasteiger partial charge is 0.136 e. The standard InChI is InChI=1S/C59H38O/c1-59(2)51-25-12-11-18-42(51)49-30-31-52-57(58(49)59)56-44-19-6-5-17-41(44)50(34-53(56)60-52)38-28-26-37-33-39(29-27-36(37)32-38)54-45-20-7-9-22-47(45)55(48-23-10-8-21-46(48)54)43-24-13-15-35-14-3-4-16-40(35)43/h3-34H,1-2H3. The summed E-state index contributed by atoms with van der Waals surface area (Å²) in [6.07, 6.45) is 0. The maximum absolute atomic E-state index is 6.82. The molecular weight excluding hydrogens is 725 g/mol. The molecule has 0 radical (unpaired) electrons. The number of hydrogen-bond donors (Lipinski definition) is 0. The maximum Gasteiger partial charge on any atom is 0.136 e. The zero-order chi connectivity index (χ0) is 39.7. The maximum atomic E-state index is 6.82. The molecule has 0 saturated carbocycles. The van der Waals surface area contributed by atoms with Gasteiger partial charge in [0.1, 0.15) is 11.2 Å². The fourth-order valence-corrected chi connectivity index (χ4v) is 11.0. The van der Waals surface area contributed by atoms with E-state index in [2.05, 4.69) is 208 Å². The summed E-state index contributed by atoms with van der Waals surface area (Å²) in [6, 6.07) is 71.7. The average molecular weight is 763 g/mol. The lowest BCUT2D eigenvalue weighted by Gasteiger charge is -2.22. The van der Waals surface area contributed by atoms with Crippen LogP contribution in [0, 0.1) is 0 Å². The van der Waals surface area contributed by atoms with Crippen LogP contribution in [0.25, 0.3) is 120 Å². The summed E-state index contributed by atoms with van der Waals surface area (Å²) in [7, 11) is 0. The molecule has 280 valence electrons. The Hall–Kier alpha value is -7.48. The SMILES string of the molecule is CC1(C)c2ccccc2-c2ccc3oc4cc(-c5ccc6cc(-c7c8ccccc8c(-c8cccc9ccccc89)c8ccccc78)ccc6c5)c5ccccc5c4c3c21. The summed E-state index contributed by atoms with van der Waals surface area (Å²) in [5.41, 5.74) is 14.5. The van der Waals surface area contributed by atoms with Crippen molar-refractivity contribution in [2.45, 2.75) is 19.3 Å². The molecule has 1 aliphatic carbocycles. The molecule has 11 aromatic carbocycles. The first kappa shape index (κ1) is 33.5. The highest BCUT2D eigenvalue weighted by molar-refractivity contribution is 6.25. The van der Waals surface area contributed by atoms with Gasteiger partial charge in [0, 0.05) is 16.2 Å². The Bertz CT molecular complexity index is 3740. The minimum atomic E-state index is -0.142. The highest BCUT2D eigenvalue weighted by atomic mass is 16.3. The molecule has 1 nitrogen and oxygen atoms in total. The quantitative estimate of drug-likeness (QED) is 0.163. The van der Waals surface area contributed by atoms with Crippen LogP contribution in [0.3, 0.4) is 0 Å². The van der Waals surface area contributed by atoms with Crippen molar-refractivity contribution in [3.8, 4) is 44.5 Å². The second-order valence-corrected chi connectivity index (χ2v) is 17.1. The van der Waals surface area contributed by atoms with E-state index in [0.717, 1.165) is 11.2 Å². The van der Waals surface area contributed by atoms with Crippen molar-refractivity contribution in [3.63, 3.8) is 0 Å². The molecule has 0 aliphatic heterocycles. The first-order chi connectivity index (χ1) is 29.5. The molecule has 0 atom stereocenters. The molecule has 13 rings (SSSR count). The van der Waals surface area contributed by atoms with Crippen LogP contribution in [0.5, 0.6) is 0 Å². The molecule has 60 heavy (non-hydrogen) atoms. The van der Waals surface area contributed by atoms with E-state index in [1.807, 2.05) is 0 Å². The van der Waals surface area contributed by atoms with Gasteiger partial charge in [-0.15, -0.1) is 0 Å². The normalized spacial score (nSPS) is 13.3. The van der Waals surface area contributed by atoms with Crippen LogP contribution in [0.15, 0.2) is 199 Å². The van der Waals surface area contributed by atoms with Crippen molar-refractivity contribution in [2.24, 2.45) is 0 Å². The molecule has 1 heteroatoms. The van der Waals surface area contributed by atoms with Crippen molar-refractivity contribution in [1.82, 2.24) is 0 Å². The van der Waals surface area contributed by atoms with Crippen molar-refractivity contribution in [1.29, 1.82) is 0 Å². The van der Waals surface area contributed by atoms with Crippen molar-refractivity contribution in [3.05, 3.63) is 205 Å². The third-order valence-electron chi connectivity index (χ3n) is 13.6. The first-order valence-electron chi connectivity index (χ1n) is 21.0. The van der Waals surface area contributed by atoms with Crippen molar-refractivity contribution >= 4 is 75.8 Å². The summed E-state index contributed by atoms with van der Waals surface area (Å²) >= 11 is 0. The Morgan fingerprint density at radius 3 is 1.65 bits per heavy atom. The zero-order valence-electron chi connectivity index (χ0n) is 33.4. The van der Waals surface area contributed by atoms with E-state index >= 15 is 0 Å². The molecule has 1 aromatic heterocycles. The molecule has 0 spiro atoms. The molecule has 1 aliphatic rings. The van der Waals surface area contributed by atoms with E-state index in [1.165, 1.54) is 120 Å². The van der Waals surface area contributed by atoms with Gasteiger partial charge in [-0.05, 0) is 134 Å². The topological polar surface area (TPSA) is 13.1 Å². The summed E-state index contributed by atoms with van der Waals surface area (Å²) in [6.45, 7) is 4.72. The second kappa shape index (κ2) is 12.3. The summed E-state index contributed by atoms with van der Waals surface area (Å²) in [4.78, 5) is 0. The number of furan rings is 1. The van der Waals surface area contributed by atoms with E-state index in [0.29, 0.717) is 0 Å². The van der Waals surface area contributed by atoms with Gasteiger partial charge in [0.25, 0.3) is 0 Å². The lowest BCUT2D eigenvalue weighted by Crippen LogP contribution is -2.15. The molecule has 1 heterocycles. The molecule has 0 bridgehead atoms. The highest BCUT2D eigenvalue weighted by Gasteiger charge is 2.38. The van der Waals surface area contributed by atoms with Gasteiger partial charge in [-0.3, -0.25) is 0 Å². The van der Waals surface area contributed by atoms with E-state index in [1.54, 1.807) is 0 Å². The van der Waals surface area contributed by atoms with Gasteiger partial charge < -0.3 is 4.42 Å². The Morgan fingerprint density at radius 2 is 0.900 bits per heavy atom.